The first-order valence-corrected chi connectivity index (χ1v) is 4.45. The molecule has 1 heterocycles. The number of pyridine rings is 1. The van der Waals surface area contributed by atoms with Crippen molar-refractivity contribution in [3.63, 3.8) is 0 Å². The zero-order chi connectivity index (χ0) is 10.6. The van der Waals surface area contributed by atoms with E-state index in [4.69, 9.17) is 11.6 Å². The molecule has 1 aromatic heterocycles. The Morgan fingerprint density at radius 2 is 2.50 bits per heavy atom. The molecule has 0 amide bonds. The van der Waals surface area contributed by atoms with Crippen LogP contribution in [0.2, 0.25) is 5.02 Å². The summed E-state index contributed by atoms with van der Waals surface area (Å²) >= 11 is 5.65. The zero-order valence-electron chi connectivity index (χ0n) is 7.54. The van der Waals surface area contributed by atoms with Crippen molar-refractivity contribution in [1.82, 2.24) is 4.98 Å². The normalized spacial score (nSPS) is 12.2. The van der Waals surface area contributed by atoms with Gasteiger partial charge in [0.05, 0.1) is 11.6 Å². The fraction of sp³-hybridized carbons (Fsp3) is 0.333. The largest absolute Gasteiger partial charge is 0.464 e. The van der Waals surface area contributed by atoms with Gasteiger partial charge in [0, 0.05) is 6.20 Å². The van der Waals surface area contributed by atoms with Gasteiger partial charge < -0.3 is 4.74 Å². The van der Waals surface area contributed by atoms with E-state index in [1.165, 1.54) is 12.3 Å². The summed E-state index contributed by atoms with van der Waals surface area (Å²) in [6.45, 7) is 1.73. The standard InChI is InChI=1S/C9H9ClFNO2/c1-2-14-9(13)7(11)8-6(10)4-3-5-12-8/h3-5,7H,2H2,1H3. The van der Waals surface area contributed by atoms with E-state index in [2.05, 4.69) is 9.72 Å². The number of hydrogen-bond donors (Lipinski definition) is 0. The van der Waals surface area contributed by atoms with Gasteiger partial charge in [0.2, 0.25) is 6.17 Å². The number of carbonyl (C=O) groups excluding carboxylic acids is 1. The van der Waals surface area contributed by atoms with Crippen LogP contribution in [0.5, 0.6) is 0 Å². The Kier molecular flexibility index (Phi) is 3.83. The van der Waals surface area contributed by atoms with Crippen LogP contribution >= 0.6 is 11.6 Å². The summed E-state index contributed by atoms with van der Waals surface area (Å²) in [5.41, 5.74) is -0.104. The lowest BCUT2D eigenvalue weighted by molar-refractivity contribution is -0.149. The van der Waals surface area contributed by atoms with E-state index < -0.39 is 12.1 Å². The Labute approximate surface area is 85.9 Å². The highest BCUT2D eigenvalue weighted by atomic mass is 35.5. The maximum atomic E-state index is 13.4. The van der Waals surface area contributed by atoms with Crippen LogP contribution in [0.25, 0.3) is 0 Å². The second-order valence-electron chi connectivity index (χ2n) is 2.49. The summed E-state index contributed by atoms with van der Waals surface area (Å²) in [6, 6.07) is 3.03. The van der Waals surface area contributed by atoms with Crippen molar-refractivity contribution in [2.45, 2.75) is 13.1 Å². The van der Waals surface area contributed by atoms with Gasteiger partial charge in [0.1, 0.15) is 5.69 Å². The molecule has 0 N–H and O–H groups in total. The zero-order valence-corrected chi connectivity index (χ0v) is 8.29. The van der Waals surface area contributed by atoms with Crippen LogP contribution in [-0.2, 0) is 9.53 Å². The smallest absolute Gasteiger partial charge is 0.347 e. The van der Waals surface area contributed by atoms with Crippen molar-refractivity contribution >= 4 is 17.6 Å². The van der Waals surface area contributed by atoms with Crippen molar-refractivity contribution in [1.29, 1.82) is 0 Å². The molecule has 1 unspecified atom stereocenters. The minimum Gasteiger partial charge on any atom is -0.464 e. The van der Waals surface area contributed by atoms with Gasteiger partial charge in [-0.3, -0.25) is 4.98 Å². The Morgan fingerprint density at radius 1 is 1.79 bits per heavy atom. The third-order valence-electron chi connectivity index (χ3n) is 1.52. The fourth-order valence-electron chi connectivity index (χ4n) is 0.911. The minimum atomic E-state index is -1.91. The molecule has 0 saturated carbocycles. The van der Waals surface area contributed by atoms with Crippen LogP contribution in [0.3, 0.4) is 0 Å². The molecule has 5 heteroatoms. The lowest BCUT2D eigenvalue weighted by Crippen LogP contribution is -2.13. The number of alkyl halides is 1. The molecule has 3 nitrogen and oxygen atoms in total. The third kappa shape index (κ3) is 2.42. The number of carbonyl (C=O) groups is 1. The highest BCUT2D eigenvalue weighted by Crippen LogP contribution is 2.23. The Morgan fingerprint density at radius 3 is 3.07 bits per heavy atom. The van der Waals surface area contributed by atoms with Gasteiger partial charge in [0.15, 0.2) is 0 Å². The minimum absolute atomic E-state index is 0.104. The first-order valence-electron chi connectivity index (χ1n) is 4.08. The summed E-state index contributed by atoms with van der Waals surface area (Å²) in [4.78, 5) is 14.7. The van der Waals surface area contributed by atoms with Crippen LogP contribution in [0.4, 0.5) is 4.39 Å². The van der Waals surface area contributed by atoms with Crippen molar-refractivity contribution in [3.05, 3.63) is 29.0 Å². The quantitative estimate of drug-likeness (QED) is 0.730. The van der Waals surface area contributed by atoms with E-state index in [9.17, 15) is 9.18 Å². The Hall–Kier alpha value is -1.16. The Balaban J connectivity index is 2.84. The van der Waals surface area contributed by atoms with Crippen molar-refractivity contribution in [3.8, 4) is 0 Å². The molecule has 0 bridgehead atoms. The first kappa shape index (κ1) is 10.9. The molecule has 0 fully saturated rings. The number of halogens is 2. The van der Waals surface area contributed by atoms with Gasteiger partial charge in [-0.25, -0.2) is 9.18 Å². The highest BCUT2D eigenvalue weighted by Gasteiger charge is 2.24. The molecule has 1 rings (SSSR count). The van der Waals surface area contributed by atoms with E-state index in [1.807, 2.05) is 0 Å². The van der Waals surface area contributed by atoms with Gasteiger partial charge in [-0.05, 0) is 19.1 Å². The van der Waals surface area contributed by atoms with Gasteiger partial charge in [-0.2, -0.15) is 0 Å². The summed E-state index contributed by atoms with van der Waals surface area (Å²) in [5, 5.41) is 0.119. The Bertz CT molecular complexity index is 332. The van der Waals surface area contributed by atoms with E-state index in [1.54, 1.807) is 13.0 Å². The molecule has 1 aromatic rings. The molecule has 0 radical (unpaired) electrons. The fourth-order valence-corrected chi connectivity index (χ4v) is 1.13. The average molecular weight is 218 g/mol. The average Bonchev–Trinajstić information content (AvgIpc) is 2.18. The maximum Gasteiger partial charge on any atom is 0.347 e. The monoisotopic (exact) mass is 217 g/mol. The maximum absolute atomic E-state index is 13.4. The molecule has 0 spiro atoms. The molecular weight excluding hydrogens is 209 g/mol. The number of aromatic nitrogens is 1. The van der Waals surface area contributed by atoms with Crippen LogP contribution in [0.15, 0.2) is 18.3 Å². The molecule has 0 aliphatic rings. The number of rotatable bonds is 3. The van der Waals surface area contributed by atoms with Crippen molar-refractivity contribution in [2.75, 3.05) is 6.61 Å². The highest BCUT2D eigenvalue weighted by molar-refractivity contribution is 6.31. The number of ether oxygens (including phenoxy) is 1. The van der Waals surface area contributed by atoms with Gasteiger partial charge in [-0.15, -0.1) is 0 Å². The number of esters is 1. The van der Waals surface area contributed by atoms with Crippen LogP contribution in [0, 0.1) is 0 Å². The lowest BCUT2D eigenvalue weighted by atomic mass is 10.2. The van der Waals surface area contributed by atoms with Crippen LogP contribution in [-0.4, -0.2) is 17.6 Å². The molecule has 0 aliphatic heterocycles. The topological polar surface area (TPSA) is 39.2 Å². The van der Waals surface area contributed by atoms with E-state index in [0.717, 1.165) is 0 Å². The molecule has 0 saturated heterocycles. The van der Waals surface area contributed by atoms with E-state index in [-0.39, 0.29) is 17.3 Å². The molecule has 76 valence electrons. The van der Waals surface area contributed by atoms with Gasteiger partial charge >= 0.3 is 5.97 Å². The predicted octanol–water partition coefficient (Wildman–Crippen LogP) is 2.31. The first-order chi connectivity index (χ1) is 6.66. The third-order valence-corrected chi connectivity index (χ3v) is 1.84. The second-order valence-corrected chi connectivity index (χ2v) is 2.89. The second kappa shape index (κ2) is 4.91. The summed E-state index contributed by atoms with van der Waals surface area (Å²) in [6.07, 6.45) is -0.545. The lowest BCUT2D eigenvalue weighted by Gasteiger charge is -2.07. The van der Waals surface area contributed by atoms with Crippen LogP contribution in [0.1, 0.15) is 18.8 Å². The predicted molar refractivity (Wildman–Crippen MR) is 49.7 cm³/mol. The SMILES string of the molecule is CCOC(=O)C(F)c1ncccc1Cl. The van der Waals surface area contributed by atoms with Crippen molar-refractivity contribution < 1.29 is 13.9 Å². The molecular formula is C9H9ClFNO2. The summed E-state index contributed by atoms with van der Waals surface area (Å²) < 4.78 is 17.9. The van der Waals surface area contributed by atoms with Crippen molar-refractivity contribution in [2.24, 2.45) is 0 Å². The van der Waals surface area contributed by atoms with Gasteiger partial charge in [0.25, 0.3) is 0 Å². The summed E-state index contributed by atoms with van der Waals surface area (Å²) in [7, 11) is 0. The number of hydrogen-bond acceptors (Lipinski definition) is 3. The van der Waals surface area contributed by atoms with E-state index >= 15 is 0 Å². The van der Waals surface area contributed by atoms with Gasteiger partial charge in [-0.1, -0.05) is 11.6 Å². The molecule has 1 atom stereocenters. The van der Waals surface area contributed by atoms with Crippen LogP contribution < -0.4 is 0 Å². The summed E-state index contributed by atoms with van der Waals surface area (Å²) in [5.74, 6) is -0.965. The molecule has 0 aliphatic carbocycles. The number of nitrogens with zero attached hydrogens (tertiary/aromatic N) is 1. The van der Waals surface area contributed by atoms with E-state index in [0.29, 0.717) is 0 Å². The molecule has 0 aromatic carbocycles. The molecule has 14 heavy (non-hydrogen) atoms.